The first-order valence-electron chi connectivity index (χ1n) is 11.6. The Bertz CT molecular complexity index is 1210. The van der Waals surface area contributed by atoms with Crippen LogP contribution in [0.5, 0.6) is 0 Å². The summed E-state index contributed by atoms with van der Waals surface area (Å²) in [6, 6.07) is 16.5. The number of carbonyl (C=O) groups is 1. The Morgan fingerprint density at radius 3 is 2.41 bits per heavy atom. The molecule has 1 aliphatic carbocycles. The van der Waals surface area contributed by atoms with E-state index in [1.54, 1.807) is 28.1 Å². The molecule has 2 fully saturated rings. The van der Waals surface area contributed by atoms with E-state index in [0.717, 1.165) is 18.5 Å². The number of nitrogens with two attached hydrogens (primary N) is 1. The topological polar surface area (TPSA) is 92.9 Å². The van der Waals surface area contributed by atoms with Gasteiger partial charge in [-0.15, -0.1) is 0 Å². The number of morpholine rings is 1. The van der Waals surface area contributed by atoms with E-state index in [1.807, 2.05) is 36.4 Å². The average molecular weight is 593 g/mol. The lowest BCUT2D eigenvalue weighted by atomic mass is 9.95. The summed E-state index contributed by atoms with van der Waals surface area (Å²) in [5.41, 5.74) is 2.49. The molecule has 2 aromatic rings. The number of anilines is 1. The third-order valence-corrected chi connectivity index (χ3v) is 10.1. The quantitative estimate of drug-likeness (QED) is 0.239. The highest BCUT2D eigenvalue weighted by molar-refractivity contribution is 14.1. The summed E-state index contributed by atoms with van der Waals surface area (Å²) in [6.45, 7) is 1.98. The van der Waals surface area contributed by atoms with Gasteiger partial charge in [0, 0.05) is 18.7 Å². The molecule has 2 unspecified atom stereocenters. The third-order valence-electron chi connectivity index (χ3n) is 6.78. The fraction of sp³-hybridized carbons (Fsp3) is 0.400. The van der Waals surface area contributed by atoms with Crippen molar-refractivity contribution in [3.63, 3.8) is 0 Å². The summed E-state index contributed by atoms with van der Waals surface area (Å²) in [6.07, 6.45) is 2.54. The van der Waals surface area contributed by atoms with E-state index >= 15 is 0 Å². The average Bonchev–Trinajstić information content (AvgIpc) is 3.70. The molecule has 1 saturated heterocycles. The van der Waals surface area contributed by atoms with Crippen molar-refractivity contribution in [1.29, 1.82) is 0 Å². The Kier molecular flexibility index (Phi) is 6.71. The van der Waals surface area contributed by atoms with Crippen molar-refractivity contribution in [3.8, 4) is 0 Å². The lowest BCUT2D eigenvalue weighted by Crippen LogP contribution is -2.48. The summed E-state index contributed by atoms with van der Waals surface area (Å²) in [5, 5.41) is 0.771. The Labute approximate surface area is 214 Å². The molecule has 34 heavy (non-hydrogen) atoms. The SMILES string of the molecule is NN(C1=C(C(I)C(=O)N2CCOCC2)C(CC2CC2)S(=O)(=O)c2ccccc21)c1ccccc1. The maximum Gasteiger partial charge on any atom is 0.239 e. The number of amides is 1. The molecule has 0 aromatic heterocycles. The zero-order valence-corrected chi connectivity index (χ0v) is 21.7. The summed E-state index contributed by atoms with van der Waals surface area (Å²) in [5.74, 6) is 6.98. The Morgan fingerprint density at radius 1 is 1.09 bits per heavy atom. The van der Waals surface area contributed by atoms with Gasteiger partial charge in [0.1, 0.15) is 3.92 Å². The largest absolute Gasteiger partial charge is 0.378 e. The maximum absolute atomic E-state index is 13.9. The number of halogens is 1. The lowest BCUT2D eigenvalue weighted by Gasteiger charge is -2.38. The van der Waals surface area contributed by atoms with Gasteiger partial charge < -0.3 is 9.64 Å². The standard InChI is InChI=1S/C25H28IN3O4S/c26-23(25(30)28-12-14-33-15-13-28)22-21(16-17-10-11-17)34(31,32)20-9-5-4-8-19(20)24(22)29(27)18-6-2-1-3-7-18/h1-9,17,21,23H,10-16,27H2. The molecule has 0 bridgehead atoms. The van der Waals surface area contributed by atoms with Gasteiger partial charge >= 0.3 is 0 Å². The van der Waals surface area contributed by atoms with Crippen LogP contribution in [0.4, 0.5) is 5.69 Å². The molecule has 2 atom stereocenters. The first-order valence-corrected chi connectivity index (χ1v) is 14.4. The highest BCUT2D eigenvalue weighted by Gasteiger charge is 2.47. The fourth-order valence-corrected chi connectivity index (χ4v) is 8.32. The number of hydrazine groups is 1. The smallest absolute Gasteiger partial charge is 0.239 e. The highest BCUT2D eigenvalue weighted by Crippen LogP contribution is 2.47. The van der Waals surface area contributed by atoms with Crippen molar-refractivity contribution < 1.29 is 17.9 Å². The number of sulfone groups is 1. The van der Waals surface area contributed by atoms with Crippen LogP contribution in [-0.2, 0) is 19.4 Å². The lowest BCUT2D eigenvalue weighted by molar-refractivity contribution is -0.133. The van der Waals surface area contributed by atoms with E-state index in [0.29, 0.717) is 55.5 Å². The van der Waals surface area contributed by atoms with Gasteiger partial charge in [-0.3, -0.25) is 9.80 Å². The minimum atomic E-state index is -3.69. The van der Waals surface area contributed by atoms with Crippen molar-refractivity contribution >= 4 is 49.7 Å². The van der Waals surface area contributed by atoms with E-state index in [-0.39, 0.29) is 10.8 Å². The van der Waals surface area contributed by atoms with Gasteiger partial charge in [-0.25, -0.2) is 14.3 Å². The molecule has 9 heteroatoms. The number of hydrogen-bond acceptors (Lipinski definition) is 6. The molecule has 0 radical (unpaired) electrons. The normalized spacial score (nSPS) is 22.8. The van der Waals surface area contributed by atoms with Gasteiger partial charge in [-0.05, 0) is 36.1 Å². The molecule has 2 N–H and O–H groups in total. The van der Waals surface area contributed by atoms with Gasteiger partial charge in [0.25, 0.3) is 0 Å². The zero-order chi connectivity index (χ0) is 23.9. The molecule has 3 aliphatic rings. The van der Waals surface area contributed by atoms with E-state index in [2.05, 4.69) is 22.6 Å². The van der Waals surface area contributed by atoms with E-state index in [9.17, 15) is 13.2 Å². The van der Waals surface area contributed by atoms with Crippen LogP contribution in [0.25, 0.3) is 5.70 Å². The number of rotatable bonds is 6. The summed E-state index contributed by atoms with van der Waals surface area (Å²) in [7, 11) is -3.69. The molecule has 2 aliphatic heterocycles. The molecule has 2 heterocycles. The van der Waals surface area contributed by atoms with Crippen LogP contribution in [0.3, 0.4) is 0 Å². The first kappa shape index (κ1) is 23.8. The number of hydrogen-bond donors (Lipinski definition) is 1. The van der Waals surface area contributed by atoms with Crippen LogP contribution < -0.4 is 10.9 Å². The minimum absolute atomic E-state index is 0.0896. The van der Waals surface area contributed by atoms with Gasteiger partial charge in [-0.2, -0.15) is 0 Å². The number of fused-ring (bicyclic) bond motifs is 1. The predicted octanol–water partition coefficient (Wildman–Crippen LogP) is 3.40. The van der Waals surface area contributed by atoms with Crippen LogP contribution in [-0.4, -0.2) is 54.7 Å². The summed E-state index contributed by atoms with van der Waals surface area (Å²) < 4.78 is 32.6. The fourth-order valence-electron chi connectivity index (χ4n) is 4.80. The molecule has 180 valence electrons. The number of nitrogens with zero attached hydrogens (tertiary/aromatic N) is 2. The van der Waals surface area contributed by atoms with E-state index in [1.165, 1.54) is 0 Å². The predicted molar refractivity (Wildman–Crippen MR) is 140 cm³/mol. The van der Waals surface area contributed by atoms with Gasteiger partial charge in [0.2, 0.25) is 5.91 Å². The molecule has 1 saturated carbocycles. The van der Waals surface area contributed by atoms with Crippen molar-refractivity contribution in [2.24, 2.45) is 11.8 Å². The zero-order valence-electron chi connectivity index (χ0n) is 18.8. The Morgan fingerprint density at radius 2 is 1.74 bits per heavy atom. The summed E-state index contributed by atoms with van der Waals surface area (Å²) >= 11 is 2.12. The Hall–Kier alpha value is -1.95. The highest BCUT2D eigenvalue weighted by atomic mass is 127. The van der Waals surface area contributed by atoms with E-state index in [4.69, 9.17) is 10.6 Å². The van der Waals surface area contributed by atoms with Gasteiger partial charge in [-0.1, -0.05) is 71.8 Å². The number of carbonyl (C=O) groups excluding carboxylic acids is 1. The molecule has 7 nitrogen and oxygen atoms in total. The molecule has 1 amide bonds. The molecule has 0 spiro atoms. The van der Waals surface area contributed by atoms with Crippen LogP contribution in [0.15, 0.2) is 65.1 Å². The van der Waals surface area contributed by atoms with Crippen molar-refractivity contribution in [1.82, 2.24) is 4.90 Å². The van der Waals surface area contributed by atoms with Gasteiger partial charge in [0.05, 0.1) is 34.7 Å². The third kappa shape index (κ3) is 4.38. The second-order valence-corrected chi connectivity index (χ2v) is 12.4. The van der Waals surface area contributed by atoms with Crippen LogP contribution in [0.1, 0.15) is 24.8 Å². The van der Waals surface area contributed by atoms with Crippen molar-refractivity contribution in [2.75, 3.05) is 31.3 Å². The second kappa shape index (κ2) is 9.60. The molecular weight excluding hydrogens is 565 g/mol. The first-order chi connectivity index (χ1) is 16.4. The van der Waals surface area contributed by atoms with Gasteiger partial charge in [0.15, 0.2) is 9.84 Å². The number of benzene rings is 2. The molecule has 2 aromatic carbocycles. The Balaban J connectivity index is 1.71. The monoisotopic (exact) mass is 593 g/mol. The number of ether oxygens (including phenoxy) is 1. The molecular formula is C25H28IN3O4S. The number of alkyl halides is 1. The van der Waals surface area contributed by atoms with Crippen LogP contribution >= 0.6 is 22.6 Å². The maximum atomic E-state index is 13.9. The molecule has 5 rings (SSSR count). The minimum Gasteiger partial charge on any atom is -0.378 e. The van der Waals surface area contributed by atoms with Crippen LogP contribution in [0.2, 0.25) is 0 Å². The second-order valence-electron chi connectivity index (χ2n) is 9.02. The van der Waals surface area contributed by atoms with Crippen molar-refractivity contribution in [2.45, 2.75) is 33.3 Å². The van der Waals surface area contributed by atoms with Crippen LogP contribution in [0, 0.1) is 5.92 Å². The van der Waals surface area contributed by atoms with Crippen molar-refractivity contribution in [3.05, 3.63) is 65.7 Å². The van der Waals surface area contributed by atoms with E-state index < -0.39 is 19.0 Å². The number of para-hydroxylation sites is 1. The summed E-state index contributed by atoms with van der Waals surface area (Å²) in [4.78, 5) is 15.7.